The van der Waals surface area contributed by atoms with E-state index >= 15 is 14.4 Å². The Bertz CT molecular complexity index is 4910. The Balaban J connectivity index is 0.882. The number of carbonyl (C=O) groups excluding carboxylic acids is 4. The lowest BCUT2D eigenvalue weighted by Gasteiger charge is -2.46. The Morgan fingerprint density at radius 3 is 1.09 bits per heavy atom. The van der Waals surface area contributed by atoms with E-state index in [1.165, 1.54) is 0 Å². The van der Waals surface area contributed by atoms with Crippen LogP contribution in [-0.4, -0.2) is 80.1 Å². The van der Waals surface area contributed by atoms with Crippen LogP contribution in [0.25, 0.3) is 0 Å². The molecule has 1 fully saturated rings. The largest absolute Gasteiger partial charge is 0.485 e. The van der Waals surface area contributed by atoms with Crippen molar-refractivity contribution in [2.75, 3.05) is 19.8 Å². The molecule has 2 amide bonds. The number of esters is 2. The Morgan fingerprint density at radius 1 is 0.298 bits per heavy atom. The van der Waals surface area contributed by atoms with Crippen LogP contribution in [0.5, 0.6) is 23.0 Å². The summed E-state index contributed by atoms with van der Waals surface area (Å²) in [4.78, 5) is 61.5. The molecule has 0 bridgehead atoms. The molecule has 0 aromatic heterocycles. The van der Waals surface area contributed by atoms with Gasteiger partial charge in [0, 0.05) is 0 Å². The van der Waals surface area contributed by atoms with Crippen LogP contribution in [0.15, 0.2) is 334 Å². The maximum Gasteiger partial charge on any atom is 0.332 e. The molecule has 0 spiro atoms. The summed E-state index contributed by atoms with van der Waals surface area (Å²) in [6, 6.07) is 101. The van der Waals surface area contributed by atoms with Gasteiger partial charge in [-0.15, -0.1) is 0 Å². The van der Waals surface area contributed by atoms with Crippen LogP contribution in [0.1, 0.15) is 88.0 Å². The smallest absolute Gasteiger partial charge is 0.332 e. The van der Waals surface area contributed by atoms with E-state index in [1.54, 1.807) is 54.6 Å². The van der Waals surface area contributed by atoms with E-state index in [2.05, 4.69) is 10.6 Å². The zero-order valence-corrected chi connectivity index (χ0v) is 63.0. The van der Waals surface area contributed by atoms with Crippen LogP contribution in [0.2, 0.25) is 0 Å². The fourth-order valence-corrected chi connectivity index (χ4v) is 12.9. The van der Waals surface area contributed by atoms with Crippen molar-refractivity contribution in [1.29, 1.82) is 0 Å². The maximum absolute atomic E-state index is 16.3. The van der Waals surface area contributed by atoms with Crippen LogP contribution in [0, 0.1) is 0 Å². The summed E-state index contributed by atoms with van der Waals surface area (Å²) in [7, 11) is 0. The van der Waals surface area contributed by atoms with Crippen LogP contribution in [-0.2, 0) is 114 Å². The predicted octanol–water partition coefficient (Wildman–Crippen LogP) is 16.8. The molecule has 7 atom stereocenters. The van der Waals surface area contributed by atoms with Crippen LogP contribution < -0.4 is 29.6 Å². The molecule has 0 radical (unpaired) electrons. The van der Waals surface area contributed by atoms with Gasteiger partial charge < -0.3 is 67.5 Å². The first kappa shape index (κ1) is 79.6. The van der Waals surface area contributed by atoms with E-state index in [0.717, 1.165) is 50.1 Å². The third-order valence-corrected chi connectivity index (χ3v) is 18.9. The normalized spacial score (nSPS) is 15.6. The van der Waals surface area contributed by atoms with Crippen molar-refractivity contribution in [3.05, 3.63) is 406 Å². The van der Waals surface area contributed by atoms with Crippen molar-refractivity contribution in [1.82, 2.24) is 10.6 Å². The van der Waals surface area contributed by atoms with Gasteiger partial charge in [-0.3, -0.25) is 9.59 Å². The van der Waals surface area contributed by atoms with Crippen molar-refractivity contribution >= 4 is 23.8 Å². The van der Waals surface area contributed by atoms with Gasteiger partial charge in [-0.25, -0.2) is 9.59 Å². The van der Waals surface area contributed by atoms with Gasteiger partial charge in [0.1, 0.15) is 70.2 Å². The molecular weight excluding hydrogens is 1440 g/mol. The highest BCUT2D eigenvalue weighted by molar-refractivity contribution is 6.01. The van der Waals surface area contributed by atoms with E-state index in [4.69, 9.17) is 56.8 Å². The quantitative estimate of drug-likeness (QED) is 0.0343. The van der Waals surface area contributed by atoms with Crippen molar-refractivity contribution in [3.63, 3.8) is 0 Å². The number of hydrogen-bond donors (Lipinski definition) is 2. The number of hydrogen-bond acceptors (Lipinski definition) is 16. The highest BCUT2D eigenvalue weighted by Gasteiger charge is 2.50. The minimum absolute atomic E-state index is 0.00817. The van der Waals surface area contributed by atoms with Gasteiger partial charge in [-0.2, -0.15) is 0 Å². The monoisotopic (exact) mass is 1530 g/mol. The number of amides is 2. The number of carbonyl (C=O) groups is 4. The highest BCUT2D eigenvalue weighted by atomic mass is 16.6. The topological polar surface area (TPSA) is 203 Å². The zero-order valence-electron chi connectivity index (χ0n) is 63.0. The number of rotatable bonds is 40. The second kappa shape index (κ2) is 42.2. The molecule has 18 heteroatoms. The van der Waals surface area contributed by atoms with Crippen molar-refractivity contribution < 1.29 is 76.0 Å². The van der Waals surface area contributed by atoms with Gasteiger partial charge >= 0.3 is 11.9 Å². The van der Waals surface area contributed by atoms with Gasteiger partial charge in [-0.1, -0.05) is 309 Å². The molecule has 0 saturated carbocycles. The Hall–Kier alpha value is -12.5. The minimum atomic E-state index is -1.65. The standard InChI is InChI=1S/C96H90N2O16/c99-93(80-52-31-53-84(105-58-71-36-15-3-16-37-71)88(80)107-60-73-40-19-5-20-41-73)98-83(96(102)112-65-78-50-29-10-30-51-78)67-113-95(101)82(66-103-56-69-32-11-1-12-33-69)97-94(100)81-54-79(55-85(106-59-72-38-17-4-18-39-72)89(81)108-61-74-42-21-6-22-43-74)87-91(110-63-76-46-25-8-26-47-76)92(111-64-77-48-27-9-28-49-77)90(109-62-75-44-23-7-24-45-75)86(114-87)68-104-57-70-34-13-2-14-35-70/h1-55,82-83,86-87,90-92H,56-68H2,(H,97,100)(H,98,99)/t82-,83-,86+,87-,90+,91-,92-/m0/s1. The lowest BCUT2D eigenvalue weighted by Crippen LogP contribution is -2.58. The molecule has 1 heterocycles. The van der Waals surface area contributed by atoms with E-state index in [-0.39, 0.29) is 107 Å². The third-order valence-electron chi connectivity index (χ3n) is 18.9. The zero-order chi connectivity index (χ0) is 78.1. The van der Waals surface area contributed by atoms with Crippen molar-refractivity contribution in [2.45, 2.75) is 109 Å². The summed E-state index contributed by atoms with van der Waals surface area (Å²) in [6.07, 6.45) is -4.68. The average molecular weight is 1530 g/mol. The van der Waals surface area contributed by atoms with Gasteiger partial charge in [-0.05, 0) is 85.5 Å². The van der Waals surface area contributed by atoms with Crippen LogP contribution in [0.3, 0.4) is 0 Å². The summed E-state index contributed by atoms with van der Waals surface area (Å²) in [5.74, 6) is -3.09. The SMILES string of the molecule is O=C(N[C@@H](COCc1ccccc1)C(=O)OC[C@H](NC(=O)c1cccc(OCc2ccccc2)c1OCc1ccccc1)C(=O)OCc1ccccc1)c1cc([C@@H]2O[C@H](COCc3ccccc3)[C@@H](OCc3ccccc3)[C@H](OCc3ccccc3)[C@H]2OCc2ccccc2)cc(OCc2ccccc2)c1OCc1ccccc1. The lowest BCUT2D eigenvalue weighted by molar-refractivity contribution is -0.275. The van der Waals surface area contributed by atoms with E-state index in [0.29, 0.717) is 11.1 Å². The highest BCUT2D eigenvalue weighted by Crippen LogP contribution is 2.44. The molecule has 2 N–H and O–H groups in total. The lowest BCUT2D eigenvalue weighted by atomic mass is 9.89. The minimum Gasteiger partial charge on any atom is -0.485 e. The number of benzene rings is 12. The van der Waals surface area contributed by atoms with Crippen molar-refractivity contribution in [3.8, 4) is 23.0 Å². The molecule has 1 aliphatic rings. The molecule has 114 heavy (non-hydrogen) atoms. The van der Waals surface area contributed by atoms with Crippen LogP contribution in [0.4, 0.5) is 0 Å². The van der Waals surface area contributed by atoms with E-state index in [1.807, 2.05) is 279 Å². The number of nitrogens with one attached hydrogen (secondary N) is 2. The molecule has 12 aromatic carbocycles. The third kappa shape index (κ3) is 23.5. The van der Waals surface area contributed by atoms with Gasteiger partial charge in [0.05, 0.1) is 57.4 Å². The summed E-state index contributed by atoms with van der Waals surface area (Å²) >= 11 is 0. The molecule has 12 aromatic rings. The van der Waals surface area contributed by atoms with Crippen molar-refractivity contribution in [2.24, 2.45) is 0 Å². The molecule has 13 rings (SSSR count). The summed E-state index contributed by atoms with van der Waals surface area (Å²) in [5, 5.41) is 5.77. The molecule has 580 valence electrons. The second-order valence-corrected chi connectivity index (χ2v) is 27.3. The van der Waals surface area contributed by atoms with Crippen LogP contribution >= 0.6 is 0 Å². The molecule has 0 aliphatic carbocycles. The first-order valence-corrected chi connectivity index (χ1v) is 38.0. The number of para-hydroxylation sites is 1. The first-order chi connectivity index (χ1) is 56.2. The van der Waals surface area contributed by atoms with E-state index < -0.39 is 79.6 Å². The van der Waals surface area contributed by atoms with Gasteiger partial charge in [0.25, 0.3) is 11.8 Å². The Labute approximate surface area is 664 Å². The summed E-state index contributed by atoms with van der Waals surface area (Å²) < 4.78 is 80.7. The Morgan fingerprint density at radius 2 is 0.640 bits per heavy atom. The summed E-state index contributed by atoms with van der Waals surface area (Å²) in [5.41, 5.74) is 8.61. The van der Waals surface area contributed by atoms with Gasteiger partial charge in [0.2, 0.25) is 0 Å². The molecule has 1 aliphatic heterocycles. The average Bonchev–Trinajstić information content (AvgIpc) is 0.760. The number of ether oxygens (including phenoxy) is 12. The molecule has 1 saturated heterocycles. The molecule has 18 nitrogen and oxygen atoms in total. The maximum atomic E-state index is 16.3. The molecular formula is C96H90N2O16. The summed E-state index contributed by atoms with van der Waals surface area (Å²) in [6.45, 7) is -0.549. The fraction of sp³-hybridized carbons (Fsp3) is 0.208. The first-order valence-electron chi connectivity index (χ1n) is 38.0. The fourth-order valence-electron chi connectivity index (χ4n) is 12.9. The Kier molecular flexibility index (Phi) is 29.5. The van der Waals surface area contributed by atoms with E-state index in [9.17, 15) is 4.79 Å². The van der Waals surface area contributed by atoms with Gasteiger partial charge in [0.15, 0.2) is 35.1 Å². The predicted molar refractivity (Wildman–Crippen MR) is 431 cm³/mol. The molecule has 0 unspecified atom stereocenters. The second-order valence-electron chi connectivity index (χ2n) is 27.3.